The molecule has 1 aromatic rings. The van der Waals surface area contributed by atoms with Gasteiger partial charge in [-0.05, 0) is 74.7 Å². The standard InChI is InChI=1S/C20H29NO5/c1-25-17-7-6-13(4-2-3-5-20(23)24)8-19(17)26-18-10-15-12-21-11-14(15)9-16(18)22/h6-8,14-16,18,21-22H,2-5,9-12H2,1H3,(H,23,24)/t14-,15+,16+,18+/m0/s1. The number of methoxy groups -OCH3 is 1. The van der Waals surface area contributed by atoms with Gasteiger partial charge in [0.15, 0.2) is 11.5 Å². The molecular weight excluding hydrogens is 334 g/mol. The number of rotatable bonds is 8. The lowest BCUT2D eigenvalue weighted by Crippen LogP contribution is -2.42. The quantitative estimate of drug-likeness (QED) is 0.614. The summed E-state index contributed by atoms with van der Waals surface area (Å²) >= 11 is 0. The topological polar surface area (TPSA) is 88.0 Å². The highest BCUT2D eigenvalue weighted by atomic mass is 16.5. The Morgan fingerprint density at radius 3 is 2.69 bits per heavy atom. The van der Waals surface area contributed by atoms with Crippen molar-refractivity contribution in [1.29, 1.82) is 0 Å². The maximum atomic E-state index is 10.6. The van der Waals surface area contributed by atoms with Crippen LogP contribution in [0, 0.1) is 11.8 Å². The summed E-state index contributed by atoms with van der Waals surface area (Å²) in [5.41, 5.74) is 1.09. The molecule has 4 atom stereocenters. The molecule has 1 aliphatic carbocycles. The number of nitrogens with one attached hydrogen (secondary N) is 1. The molecule has 1 heterocycles. The van der Waals surface area contributed by atoms with E-state index in [1.807, 2.05) is 18.2 Å². The van der Waals surface area contributed by atoms with E-state index in [1.165, 1.54) is 0 Å². The van der Waals surface area contributed by atoms with E-state index < -0.39 is 12.1 Å². The number of benzene rings is 1. The van der Waals surface area contributed by atoms with Gasteiger partial charge in [-0.15, -0.1) is 0 Å². The third-order valence-electron chi connectivity index (χ3n) is 5.60. The predicted octanol–water partition coefficient (Wildman–Crippen LogP) is 2.23. The molecule has 1 saturated carbocycles. The molecule has 2 fully saturated rings. The molecule has 0 spiro atoms. The van der Waals surface area contributed by atoms with Gasteiger partial charge in [-0.25, -0.2) is 0 Å². The van der Waals surface area contributed by atoms with Crippen molar-refractivity contribution in [3.63, 3.8) is 0 Å². The van der Waals surface area contributed by atoms with Crippen LogP contribution in [0.25, 0.3) is 0 Å². The number of ether oxygens (including phenoxy) is 2. The van der Waals surface area contributed by atoms with Crippen molar-refractivity contribution in [2.45, 2.75) is 50.7 Å². The lowest BCUT2D eigenvalue weighted by Gasteiger charge is -2.35. The number of aryl methyl sites for hydroxylation is 1. The van der Waals surface area contributed by atoms with Gasteiger partial charge in [0, 0.05) is 6.42 Å². The fraction of sp³-hybridized carbons (Fsp3) is 0.650. The van der Waals surface area contributed by atoms with E-state index in [4.69, 9.17) is 14.6 Å². The van der Waals surface area contributed by atoms with Gasteiger partial charge in [0.2, 0.25) is 0 Å². The Labute approximate surface area is 154 Å². The average Bonchev–Trinajstić information content (AvgIpc) is 3.06. The first-order valence-corrected chi connectivity index (χ1v) is 9.51. The SMILES string of the molecule is COc1ccc(CCCCC(=O)O)cc1O[C@@H]1C[C@@H]2CNC[C@@H]2C[C@H]1O. The second-order valence-corrected chi connectivity index (χ2v) is 7.46. The molecule has 2 aliphatic rings. The molecule has 0 radical (unpaired) electrons. The van der Waals surface area contributed by atoms with Gasteiger partial charge in [-0.3, -0.25) is 4.79 Å². The fourth-order valence-corrected chi connectivity index (χ4v) is 4.12. The van der Waals surface area contributed by atoms with Crippen molar-refractivity contribution < 1.29 is 24.5 Å². The predicted molar refractivity (Wildman–Crippen MR) is 97.7 cm³/mol. The van der Waals surface area contributed by atoms with Gasteiger partial charge in [0.1, 0.15) is 6.10 Å². The minimum atomic E-state index is -0.755. The number of carbonyl (C=O) groups is 1. The smallest absolute Gasteiger partial charge is 0.303 e. The number of aliphatic hydroxyl groups excluding tert-OH is 1. The third-order valence-corrected chi connectivity index (χ3v) is 5.60. The number of carboxylic acids is 1. The Balaban J connectivity index is 1.63. The normalized spacial score (nSPS) is 27.8. The van der Waals surface area contributed by atoms with Crippen LogP contribution in [0.5, 0.6) is 11.5 Å². The molecule has 3 rings (SSSR count). The summed E-state index contributed by atoms with van der Waals surface area (Å²) in [6.45, 7) is 1.99. The van der Waals surface area contributed by atoms with E-state index in [1.54, 1.807) is 7.11 Å². The Hall–Kier alpha value is -1.79. The Kier molecular flexibility index (Phi) is 6.38. The molecule has 1 aliphatic heterocycles. The summed E-state index contributed by atoms with van der Waals surface area (Å²) < 4.78 is 11.6. The molecule has 1 saturated heterocycles. The maximum absolute atomic E-state index is 10.6. The first-order valence-electron chi connectivity index (χ1n) is 9.51. The van der Waals surface area contributed by atoms with Gasteiger partial charge in [0.25, 0.3) is 0 Å². The number of unbranched alkanes of at least 4 members (excludes halogenated alkanes) is 1. The van der Waals surface area contributed by atoms with Crippen LogP contribution in [0.15, 0.2) is 18.2 Å². The van der Waals surface area contributed by atoms with Crippen LogP contribution in [-0.4, -0.2) is 48.6 Å². The zero-order valence-corrected chi connectivity index (χ0v) is 15.3. The molecule has 1 aromatic carbocycles. The largest absolute Gasteiger partial charge is 0.493 e. The van der Waals surface area contributed by atoms with Crippen molar-refractivity contribution >= 4 is 5.97 Å². The number of fused-ring (bicyclic) bond motifs is 1. The van der Waals surface area contributed by atoms with E-state index in [9.17, 15) is 9.90 Å². The van der Waals surface area contributed by atoms with Crippen LogP contribution in [0.2, 0.25) is 0 Å². The number of carboxylic acid groups (broad SMARTS) is 1. The van der Waals surface area contributed by atoms with Crippen molar-refractivity contribution in [1.82, 2.24) is 5.32 Å². The maximum Gasteiger partial charge on any atom is 0.303 e. The molecule has 0 unspecified atom stereocenters. The average molecular weight is 363 g/mol. The number of hydrogen-bond donors (Lipinski definition) is 3. The van der Waals surface area contributed by atoms with Crippen molar-refractivity contribution in [3.8, 4) is 11.5 Å². The molecule has 0 amide bonds. The third kappa shape index (κ3) is 4.68. The summed E-state index contributed by atoms with van der Waals surface area (Å²) in [6.07, 6.45) is 3.44. The van der Waals surface area contributed by atoms with Crippen molar-refractivity contribution in [2.75, 3.05) is 20.2 Å². The second kappa shape index (κ2) is 8.73. The Bertz CT molecular complexity index is 620. The Morgan fingerprint density at radius 2 is 1.96 bits per heavy atom. The van der Waals surface area contributed by atoms with Gasteiger partial charge in [-0.1, -0.05) is 6.07 Å². The van der Waals surface area contributed by atoms with E-state index in [0.29, 0.717) is 29.8 Å². The molecular formula is C20H29NO5. The second-order valence-electron chi connectivity index (χ2n) is 7.46. The van der Waals surface area contributed by atoms with Crippen LogP contribution >= 0.6 is 0 Å². The van der Waals surface area contributed by atoms with Crippen LogP contribution in [0.1, 0.15) is 37.7 Å². The molecule has 0 aromatic heterocycles. The van der Waals surface area contributed by atoms with Crippen LogP contribution < -0.4 is 14.8 Å². The Morgan fingerprint density at radius 1 is 1.19 bits per heavy atom. The molecule has 6 heteroatoms. The first kappa shape index (κ1) is 19.0. The highest BCUT2D eigenvalue weighted by molar-refractivity contribution is 5.66. The minimum Gasteiger partial charge on any atom is -0.493 e. The monoisotopic (exact) mass is 363 g/mol. The van der Waals surface area contributed by atoms with Crippen molar-refractivity contribution in [3.05, 3.63) is 23.8 Å². The highest BCUT2D eigenvalue weighted by Crippen LogP contribution is 2.37. The number of hydrogen-bond acceptors (Lipinski definition) is 5. The van der Waals surface area contributed by atoms with E-state index in [2.05, 4.69) is 5.32 Å². The molecule has 3 N–H and O–H groups in total. The summed E-state index contributed by atoms with van der Waals surface area (Å²) in [4.78, 5) is 10.6. The molecule has 144 valence electrons. The lowest BCUT2D eigenvalue weighted by molar-refractivity contribution is -0.137. The summed E-state index contributed by atoms with van der Waals surface area (Å²) in [6, 6.07) is 5.84. The van der Waals surface area contributed by atoms with E-state index >= 15 is 0 Å². The summed E-state index contributed by atoms with van der Waals surface area (Å²) in [5.74, 6) is 1.69. The molecule has 6 nitrogen and oxygen atoms in total. The van der Waals surface area contributed by atoms with Crippen LogP contribution in [-0.2, 0) is 11.2 Å². The number of aliphatic hydroxyl groups is 1. The minimum absolute atomic E-state index is 0.199. The zero-order chi connectivity index (χ0) is 18.5. The van der Waals surface area contributed by atoms with Crippen LogP contribution in [0.4, 0.5) is 0 Å². The van der Waals surface area contributed by atoms with Gasteiger partial charge < -0.3 is 25.0 Å². The fourth-order valence-electron chi connectivity index (χ4n) is 4.12. The van der Waals surface area contributed by atoms with Gasteiger partial charge in [-0.2, -0.15) is 0 Å². The molecule has 0 bridgehead atoms. The van der Waals surface area contributed by atoms with E-state index in [0.717, 1.165) is 44.3 Å². The van der Waals surface area contributed by atoms with Crippen LogP contribution in [0.3, 0.4) is 0 Å². The zero-order valence-electron chi connectivity index (χ0n) is 15.3. The summed E-state index contributed by atoms with van der Waals surface area (Å²) in [5, 5.41) is 22.6. The lowest BCUT2D eigenvalue weighted by atomic mass is 9.78. The van der Waals surface area contributed by atoms with Gasteiger partial charge >= 0.3 is 5.97 Å². The highest BCUT2D eigenvalue weighted by Gasteiger charge is 2.40. The van der Waals surface area contributed by atoms with Crippen molar-refractivity contribution in [2.24, 2.45) is 11.8 Å². The number of aliphatic carboxylic acids is 1. The first-order chi connectivity index (χ1) is 12.6. The molecule has 26 heavy (non-hydrogen) atoms. The van der Waals surface area contributed by atoms with Gasteiger partial charge in [0.05, 0.1) is 13.2 Å². The summed E-state index contributed by atoms with van der Waals surface area (Å²) in [7, 11) is 1.61. The van der Waals surface area contributed by atoms with E-state index in [-0.39, 0.29) is 12.5 Å².